The Kier molecular flexibility index (Phi) is 6.49. The predicted octanol–water partition coefficient (Wildman–Crippen LogP) is 0.405. The van der Waals surface area contributed by atoms with E-state index < -0.39 is 10.0 Å². The van der Waals surface area contributed by atoms with Gasteiger partial charge in [-0.25, -0.2) is 13.1 Å². The van der Waals surface area contributed by atoms with Gasteiger partial charge in [0.05, 0.1) is 18.1 Å². The molecule has 0 heterocycles. The maximum absolute atomic E-state index is 12.5. The topological polar surface area (TPSA) is 89.9 Å². The first kappa shape index (κ1) is 17.8. The van der Waals surface area contributed by atoms with E-state index in [1.165, 1.54) is 0 Å². The van der Waals surface area contributed by atoms with E-state index >= 15 is 0 Å². The fraction of sp³-hybridized carbons (Fsp3) is 0.375. The van der Waals surface area contributed by atoms with Crippen molar-refractivity contribution in [1.82, 2.24) is 9.62 Å². The van der Waals surface area contributed by atoms with Gasteiger partial charge in [-0.3, -0.25) is 4.90 Å². The van der Waals surface area contributed by atoms with Crippen LogP contribution in [0.1, 0.15) is 0 Å². The van der Waals surface area contributed by atoms with Crippen molar-refractivity contribution in [2.75, 3.05) is 39.4 Å². The van der Waals surface area contributed by atoms with Gasteiger partial charge in [0.1, 0.15) is 0 Å². The fourth-order valence-electron chi connectivity index (χ4n) is 2.46. The van der Waals surface area contributed by atoms with Crippen LogP contribution < -0.4 is 4.72 Å². The summed E-state index contributed by atoms with van der Waals surface area (Å²) in [4.78, 5) is 2.05. The van der Waals surface area contributed by atoms with Gasteiger partial charge in [0.2, 0.25) is 10.0 Å². The Morgan fingerprint density at radius 2 is 1.57 bits per heavy atom. The molecule has 2 aromatic carbocycles. The third-order valence-electron chi connectivity index (χ3n) is 3.59. The number of nitrogens with zero attached hydrogens (tertiary/aromatic N) is 1. The number of rotatable bonds is 9. The Morgan fingerprint density at radius 3 is 2.26 bits per heavy atom. The molecule has 2 rings (SSSR count). The maximum Gasteiger partial charge on any atom is 0.241 e. The van der Waals surface area contributed by atoms with E-state index in [-0.39, 0.29) is 24.7 Å². The molecule has 3 N–H and O–H groups in total. The van der Waals surface area contributed by atoms with Crippen LogP contribution in [0, 0.1) is 0 Å². The molecule has 0 unspecified atom stereocenters. The summed E-state index contributed by atoms with van der Waals surface area (Å²) < 4.78 is 27.6. The fourth-order valence-corrected chi connectivity index (χ4v) is 3.71. The van der Waals surface area contributed by atoms with Gasteiger partial charge in [0, 0.05) is 31.6 Å². The molecule has 0 radical (unpaired) electrons. The Hall–Kier alpha value is -1.51. The van der Waals surface area contributed by atoms with Crippen molar-refractivity contribution in [1.29, 1.82) is 0 Å². The number of nitrogens with one attached hydrogen (secondary N) is 1. The largest absolute Gasteiger partial charge is 0.395 e. The zero-order valence-corrected chi connectivity index (χ0v) is 13.7. The number of aliphatic hydroxyl groups is 2. The average Bonchev–Trinajstić information content (AvgIpc) is 2.54. The van der Waals surface area contributed by atoms with Crippen LogP contribution in [0.25, 0.3) is 10.8 Å². The Balaban J connectivity index is 2.09. The second-order valence-electron chi connectivity index (χ2n) is 5.16. The highest BCUT2D eigenvalue weighted by molar-refractivity contribution is 7.89. The lowest BCUT2D eigenvalue weighted by atomic mass is 10.1. The van der Waals surface area contributed by atoms with E-state index in [2.05, 4.69) is 4.72 Å². The first-order chi connectivity index (χ1) is 11.1. The molecule has 23 heavy (non-hydrogen) atoms. The van der Waals surface area contributed by atoms with E-state index in [4.69, 9.17) is 10.2 Å². The minimum absolute atomic E-state index is 0.0317. The second-order valence-corrected chi connectivity index (χ2v) is 6.90. The van der Waals surface area contributed by atoms with Crippen LogP contribution >= 0.6 is 0 Å². The summed E-state index contributed by atoms with van der Waals surface area (Å²) >= 11 is 0. The molecule has 0 fully saturated rings. The van der Waals surface area contributed by atoms with E-state index in [1.54, 1.807) is 23.1 Å². The van der Waals surface area contributed by atoms with Gasteiger partial charge in [0.15, 0.2) is 0 Å². The van der Waals surface area contributed by atoms with Gasteiger partial charge < -0.3 is 10.2 Å². The summed E-state index contributed by atoms with van der Waals surface area (Å²) in [6.07, 6.45) is 0. The van der Waals surface area contributed by atoms with E-state index in [0.717, 1.165) is 5.39 Å². The van der Waals surface area contributed by atoms with Crippen LogP contribution in [0.2, 0.25) is 0 Å². The van der Waals surface area contributed by atoms with Crippen molar-refractivity contribution in [3.8, 4) is 0 Å². The molecule has 0 atom stereocenters. The number of aliphatic hydroxyl groups excluding tert-OH is 2. The summed E-state index contributed by atoms with van der Waals surface area (Å²) in [6.45, 7) is 1.37. The third-order valence-corrected chi connectivity index (χ3v) is 5.11. The SMILES string of the molecule is O=S(=O)(NCCN(CCO)CCO)c1cccc2ccccc12. The number of sulfonamides is 1. The number of hydrogen-bond donors (Lipinski definition) is 3. The van der Waals surface area contributed by atoms with Gasteiger partial charge in [-0.05, 0) is 11.5 Å². The van der Waals surface area contributed by atoms with Crippen molar-refractivity contribution in [3.63, 3.8) is 0 Å². The van der Waals surface area contributed by atoms with Gasteiger partial charge >= 0.3 is 0 Å². The smallest absolute Gasteiger partial charge is 0.241 e. The summed E-state index contributed by atoms with van der Waals surface area (Å²) in [5.74, 6) is 0. The van der Waals surface area contributed by atoms with Gasteiger partial charge in [-0.15, -0.1) is 0 Å². The van der Waals surface area contributed by atoms with Crippen LogP contribution in [0.3, 0.4) is 0 Å². The molecule has 0 aromatic heterocycles. The Bertz CT molecular complexity index is 722. The zero-order chi connectivity index (χ0) is 16.7. The predicted molar refractivity (Wildman–Crippen MR) is 89.7 cm³/mol. The molecule has 0 saturated heterocycles. The Labute approximate surface area is 136 Å². The zero-order valence-electron chi connectivity index (χ0n) is 12.9. The highest BCUT2D eigenvalue weighted by atomic mass is 32.2. The van der Waals surface area contributed by atoms with Gasteiger partial charge in [0.25, 0.3) is 0 Å². The first-order valence-electron chi connectivity index (χ1n) is 7.50. The summed E-state index contributed by atoms with van der Waals surface area (Å²) in [5.41, 5.74) is 0. The second kappa shape index (κ2) is 8.37. The molecule has 0 amide bonds. The minimum atomic E-state index is -3.61. The standard InChI is InChI=1S/C16H22N2O4S/c19-12-10-18(11-13-20)9-8-17-23(21,22)16-7-3-5-14-4-1-2-6-15(14)16/h1-7,17,19-20H,8-13H2. The highest BCUT2D eigenvalue weighted by Gasteiger charge is 2.17. The molecule has 0 bridgehead atoms. The molecule has 6 nitrogen and oxygen atoms in total. The van der Waals surface area contributed by atoms with Gasteiger partial charge in [-0.2, -0.15) is 0 Å². The Morgan fingerprint density at radius 1 is 0.913 bits per heavy atom. The number of hydrogen-bond acceptors (Lipinski definition) is 5. The lowest BCUT2D eigenvalue weighted by Gasteiger charge is -2.20. The van der Waals surface area contributed by atoms with Crippen molar-refractivity contribution in [2.24, 2.45) is 0 Å². The molecule has 7 heteroatoms. The summed E-state index contributed by atoms with van der Waals surface area (Å²) in [7, 11) is -3.61. The molecular formula is C16H22N2O4S. The van der Waals surface area contributed by atoms with E-state index in [1.807, 2.05) is 24.3 Å². The molecular weight excluding hydrogens is 316 g/mol. The first-order valence-corrected chi connectivity index (χ1v) is 8.98. The molecule has 0 aliphatic heterocycles. The molecule has 2 aromatic rings. The van der Waals surface area contributed by atoms with Crippen LogP contribution in [-0.2, 0) is 10.0 Å². The average molecular weight is 338 g/mol. The highest BCUT2D eigenvalue weighted by Crippen LogP contribution is 2.22. The van der Waals surface area contributed by atoms with Crippen LogP contribution in [0.4, 0.5) is 0 Å². The van der Waals surface area contributed by atoms with Gasteiger partial charge in [-0.1, -0.05) is 36.4 Å². The maximum atomic E-state index is 12.5. The van der Waals surface area contributed by atoms with Crippen molar-refractivity contribution in [3.05, 3.63) is 42.5 Å². The summed E-state index contributed by atoms with van der Waals surface area (Å²) in [5, 5.41) is 19.5. The number of fused-ring (bicyclic) bond motifs is 1. The lowest BCUT2D eigenvalue weighted by molar-refractivity contribution is 0.163. The van der Waals surface area contributed by atoms with Crippen LogP contribution in [0.15, 0.2) is 47.4 Å². The summed E-state index contributed by atoms with van der Waals surface area (Å²) in [6, 6.07) is 12.5. The molecule has 0 saturated carbocycles. The molecule has 126 valence electrons. The monoisotopic (exact) mass is 338 g/mol. The van der Waals surface area contributed by atoms with Crippen molar-refractivity contribution in [2.45, 2.75) is 4.90 Å². The van der Waals surface area contributed by atoms with Crippen molar-refractivity contribution >= 4 is 20.8 Å². The normalized spacial score (nSPS) is 12.1. The molecule has 0 aliphatic rings. The lowest BCUT2D eigenvalue weighted by Crippen LogP contribution is -2.37. The van der Waals surface area contributed by atoms with E-state index in [9.17, 15) is 8.42 Å². The molecule has 0 aliphatic carbocycles. The molecule has 0 spiro atoms. The van der Waals surface area contributed by atoms with Crippen molar-refractivity contribution < 1.29 is 18.6 Å². The number of benzene rings is 2. The van der Waals surface area contributed by atoms with E-state index in [0.29, 0.717) is 25.0 Å². The quantitative estimate of drug-likeness (QED) is 0.616. The third kappa shape index (κ3) is 4.73. The van der Waals surface area contributed by atoms with Crippen LogP contribution in [0.5, 0.6) is 0 Å². The minimum Gasteiger partial charge on any atom is -0.395 e. The van der Waals surface area contributed by atoms with Crippen LogP contribution in [-0.4, -0.2) is 62.9 Å².